The summed E-state index contributed by atoms with van der Waals surface area (Å²) in [5.41, 5.74) is 2.55. The van der Waals surface area contributed by atoms with Crippen molar-refractivity contribution in [2.75, 3.05) is 72.6 Å². The highest BCUT2D eigenvalue weighted by molar-refractivity contribution is 7.26. The molecule has 0 amide bonds. The minimum Gasteiger partial charge on any atom is -0.492 e. The van der Waals surface area contributed by atoms with Gasteiger partial charge in [0.1, 0.15) is 60.1 Å². The predicted molar refractivity (Wildman–Crippen MR) is 282 cm³/mol. The Morgan fingerprint density at radius 1 is 0.865 bits per heavy atom. The largest absolute Gasteiger partial charge is 0.492 e. The third kappa shape index (κ3) is 9.70. The molecule has 2 unspecified atom stereocenters. The number of piperazine rings is 1. The molecule has 8 aromatic rings. The fraction of sp³-hybridized carbons (Fsp3) is 0.364. The van der Waals surface area contributed by atoms with Gasteiger partial charge in [-0.15, -0.1) is 11.3 Å². The number of nitrogens with zero attached hydrogens (tertiary/aromatic N) is 7. The monoisotopic (exact) mass is 1060 g/mol. The number of ether oxygens (including phenoxy) is 6. The van der Waals surface area contributed by atoms with Gasteiger partial charge in [0.05, 0.1) is 33.3 Å². The maximum Gasteiger partial charge on any atom is 0.345 e. The van der Waals surface area contributed by atoms with Gasteiger partial charge in [0, 0.05) is 97.0 Å². The first kappa shape index (κ1) is 48.7. The number of aromatic nitrogens is 4. The highest BCUT2D eigenvalue weighted by Crippen LogP contribution is 2.53. The minimum absolute atomic E-state index is 0.0440. The van der Waals surface area contributed by atoms with E-state index >= 15 is 4.39 Å². The first-order valence-electron chi connectivity index (χ1n) is 24.9. The zero-order valence-electron chi connectivity index (χ0n) is 40.7. The molecule has 5 aliphatic rings. The van der Waals surface area contributed by atoms with Gasteiger partial charge < -0.3 is 38.4 Å². The smallest absolute Gasteiger partial charge is 0.345 e. The summed E-state index contributed by atoms with van der Waals surface area (Å²) in [5, 5.41) is 14.9. The van der Waals surface area contributed by atoms with Gasteiger partial charge in [-0.2, -0.15) is 0 Å². The molecule has 0 radical (unpaired) electrons. The number of hydrogen-bond acceptors (Lipinski definition) is 15. The van der Waals surface area contributed by atoms with Gasteiger partial charge in [0.25, 0.3) is 0 Å². The van der Waals surface area contributed by atoms with Gasteiger partial charge >= 0.3 is 5.97 Å². The number of aryl methyl sites for hydroxylation is 1. The maximum atomic E-state index is 15.3. The average Bonchev–Trinajstić information content (AvgIpc) is 3.97. The number of thiophene rings is 1. The first-order chi connectivity index (χ1) is 36.0. The number of rotatable bonds is 11. The topological polar surface area (TPSA) is 154 Å². The number of carbonyl (C=O) groups is 1. The van der Waals surface area contributed by atoms with E-state index in [4.69, 9.17) is 56.6 Å². The number of likely N-dealkylation sites (tertiary alicyclic amines) is 1. The van der Waals surface area contributed by atoms with Crippen LogP contribution in [0.4, 0.5) is 4.39 Å². The highest BCUT2D eigenvalue weighted by atomic mass is 35.5. The van der Waals surface area contributed by atoms with Crippen LogP contribution in [0.3, 0.4) is 0 Å². The molecule has 0 saturated carbocycles. The summed E-state index contributed by atoms with van der Waals surface area (Å²) in [4.78, 5) is 39.5. The van der Waals surface area contributed by atoms with E-state index in [1.54, 1.807) is 36.5 Å². The Bertz CT molecular complexity index is 3440. The van der Waals surface area contributed by atoms with Crippen molar-refractivity contribution < 1.29 is 42.7 Å². The quantitative estimate of drug-likeness (QED) is 0.122. The zero-order valence-corrected chi connectivity index (χ0v) is 43.0. The number of carboxylic acid groups (broad SMARTS) is 1. The van der Waals surface area contributed by atoms with Gasteiger partial charge in [-0.1, -0.05) is 29.3 Å². The van der Waals surface area contributed by atoms with Gasteiger partial charge in [0.2, 0.25) is 12.0 Å². The van der Waals surface area contributed by atoms with Crippen LogP contribution < -0.4 is 23.7 Å². The third-order valence-electron chi connectivity index (χ3n) is 14.5. The lowest BCUT2D eigenvalue weighted by atomic mass is 9.94. The van der Waals surface area contributed by atoms with Crippen molar-refractivity contribution in [3.8, 4) is 40.3 Å². The van der Waals surface area contributed by atoms with E-state index in [1.165, 1.54) is 29.8 Å². The van der Waals surface area contributed by atoms with Crippen LogP contribution >= 0.6 is 34.5 Å². The molecule has 5 aliphatic heterocycles. The standard InChI is InChI=1S/C55H52Cl2FN7O8S/c1-30-44-45-41-23-33(58)5-11-40(41)51-46(44)47-53(60-29-61-54(47)74-51)73-43(55(66)67)22-32-21-36(69-28-39(72-50(48(30)56)49(45)57)26-64-17-15-63(2)16-18-64)10-12-42(32)70-27-34-13-14-59-52(62-34)31-3-6-35(7-4-31)68-20-19-65-24-37-8-9-38(25-65)71-37/h3-7,10-14,21,23,29,37-39,43H,8-9,15-20,22,24-28H2,1-2H3,(H,66,67)/t37?,38?,39-,43-/m1/s1. The van der Waals surface area contributed by atoms with Gasteiger partial charge in [0.15, 0.2) is 11.6 Å². The Morgan fingerprint density at radius 2 is 1.68 bits per heavy atom. The van der Waals surface area contributed by atoms with Crippen LogP contribution in [0.2, 0.25) is 10.0 Å². The molecule has 4 atom stereocenters. The molecule has 5 aromatic carbocycles. The van der Waals surface area contributed by atoms with Crippen molar-refractivity contribution in [3.05, 3.63) is 112 Å². The Labute approximate surface area is 439 Å². The molecule has 8 bridgehead atoms. The molecule has 1 N–H and O–H groups in total. The van der Waals surface area contributed by atoms with Crippen LogP contribution in [0.15, 0.2) is 79.3 Å². The Hall–Kier alpha value is -6.18. The predicted octanol–water partition coefficient (Wildman–Crippen LogP) is 9.65. The van der Waals surface area contributed by atoms with Crippen molar-refractivity contribution in [2.45, 2.75) is 57.2 Å². The van der Waals surface area contributed by atoms with E-state index in [9.17, 15) is 9.90 Å². The van der Waals surface area contributed by atoms with Crippen molar-refractivity contribution in [1.82, 2.24) is 34.6 Å². The Balaban J connectivity index is 0.872. The summed E-state index contributed by atoms with van der Waals surface area (Å²) in [6, 6.07) is 19.4. The fourth-order valence-corrected chi connectivity index (χ4v) is 12.5. The molecule has 15 nitrogen and oxygen atoms in total. The molecule has 0 aliphatic carbocycles. The van der Waals surface area contributed by atoms with Crippen LogP contribution in [0, 0.1) is 12.7 Å². The average molecular weight is 1060 g/mol. The second kappa shape index (κ2) is 20.5. The second-order valence-electron chi connectivity index (χ2n) is 19.5. The molecule has 13 rings (SSSR count). The molecule has 3 fully saturated rings. The SMILES string of the molecule is Cc1c(Cl)c2c(Cl)c3c4cc(F)ccc4c4sc5ncnc(c5c4c13)O[C@@H](C(=O)O)Cc1cc(ccc1OCc1ccnc(-c3ccc(OCCN4CC5CCC(C4)O5)cc3)n1)OC[C@@H](CN1CCN(C)CC1)O2. The van der Waals surface area contributed by atoms with Crippen molar-refractivity contribution in [2.24, 2.45) is 0 Å². The lowest BCUT2D eigenvalue weighted by Crippen LogP contribution is -2.49. The molecule has 382 valence electrons. The summed E-state index contributed by atoms with van der Waals surface area (Å²) < 4.78 is 54.6. The van der Waals surface area contributed by atoms with Crippen LogP contribution in [0.1, 0.15) is 29.7 Å². The molecule has 3 aromatic heterocycles. The minimum atomic E-state index is -1.46. The Kier molecular flexibility index (Phi) is 13.5. The maximum absolute atomic E-state index is 15.3. The molecule has 0 spiro atoms. The van der Waals surface area contributed by atoms with E-state index in [-0.39, 0.29) is 41.3 Å². The molecule has 8 heterocycles. The van der Waals surface area contributed by atoms with Gasteiger partial charge in [-0.05, 0) is 104 Å². The van der Waals surface area contributed by atoms with E-state index < -0.39 is 24.0 Å². The van der Waals surface area contributed by atoms with E-state index in [1.807, 2.05) is 31.2 Å². The first-order valence-corrected chi connectivity index (χ1v) is 26.4. The number of benzene rings is 5. The summed E-state index contributed by atoms with van der Waals surface area (Å²) in [7, 11) is 2.10. The number of halogens is 3. The van der Waals surface area contributed by atoms with Crippen LogP contribution in [-0.4, -0.2) is 143 Å². The van der Waals surface area contributed by atoms with Crippen molar-refractivity contribution >= 4 is 82.4 Å². The normalized spacial score (nSPS) is 20.7. The van der Waals surface area contributed by atoms with Crippen molar-refractivity contribution in [3.63, 3.8) is 0 Å². The Morgan fingerprint density at radius 3 is 2.47 bits per heavy atom. The van der Waals surface area contributed by atoms with Crippen LogP contribution in [-0.2, 0) is 22.6 Å². The van der Waals surface area contributed by atoms with Crippen molar-refractivity contribution in [1.29, 1.82) is 0 Å². The fourth-order valence-electron chi connectivity index (χ4n) is 10.7. The molecule has 3 saturated heterocycles. The third-order valence-corrected chi connectivity index (χ3v) is 16.5. The number of fused-ring (bicyclic) bond motifs is 10. The zero-order chi connectivity index (χ0) is 50.6. The lowest BCUT2D eigenvalue weighted by Gasteiger charge is -2.35. The van der Waals surface area contributed by atoms with Crippen LogP contribution in [0.5, 0.6) is 28.9 Å². The summed E-state index contributed by atoms with van der Waals surface area (Å²) in [6.07, 6.45) is 3.80. The van der Waals surface area contributed by atoms with Crippen LogP contribution in [0.25, 0.3) is 53.2 Å². The van der Waals surface area contributed by atoms with E-state index in [0.29, 0.717) is 96.7 Å². The second-order valence-corrected chi connectivity index (χ2v) is 21.3. The summed E-state index contributed by atoms with van der Waals surface area (Å²) >= 11 is 16.2. The molecule has 19 heteroatoms. The number of morpholine rings is 1. The van der Waals surface area contributed by atoms with Gasteiger partial charge in [-0.3, -0.25) is 9.80 Å². The number of hydrogen-bond donors (Lipinski definition) is 1. The van der Waals surface area contributed by atoms with E-state index in [0.717, 1.165) is 74.7 Å². The highest BCUT2D eigenvalue weighted by Gasteiger charge is 2.34. The molecule has 74 heavy (non-hydrogen) atoms. The number of carboxylic acids is 1. The number of likely N-dealkylation sites (N-methyl/N-ethyl adjacent to an activating group) is 1. The van der Waals surface area contributed by atoms with Gasteiger partial charge in [-0.25, -0.2) is 29.1 Å². The molecular weight excluding hydrogens is 1010 g/mol. The number of aliphatic carboxylic acids is 1. The van der Waals surface area contributed by atoms with E-state index in [2.05, 4.69) is 36.7 Å². The molecular formula is C55H52Cl2FN7O8S. The lowest BCUT2D eigenvalue weighted by molar-refractivity contribution is -0.145. The summed E-state index contributed by atoms with van der Waals surface area (Å²) in [6.45, 7) is 9.20. The summed E-state index contributed by atoms with van der Waals surface area (Å²) in [5.74, 6) is 0.750.